The average molecular weight is 238 g/mol. The predicted molar refractivity (Wildman–Crippen MR) is 74.3 cm³/mol. The van der Waals surface area contributed by atoms with Gasteiger partial charge in [0.05, 0.1) is 0 Å². The van der Waals surface area contributed by atoms with Crippen molar-refractivity contribution in [2.75, 3.05) is 19.6 Å². The fourth-order valence-electron chi connectivity index (χ4n) is 3.64. The summed E-state index contributed by atoms with van der Waals surface area (Å²) < 4.78 is 0. The summed E-state index contributed by atoms with van der Waals surface area (Å²) >= 11 is 0. The molecule has 0 amide bonds. The highest BCUT2D eigenvalue weighted by Gasteiger charge is 2.36. The zero-order chi connectivity index (χ0) is 12.3. The van der Waals surface area contributed by atoms with Gasteiger partial charge in [0.25, 0.3) is 0 Å². The van der Waals surface area contributed by atoms with Crippen LogP contribution in [-0.2, 0) is 0 Å². The van der Waals surface area contributed by atoms with Crippen molar-refractivity contribution in [1.29, 1.82) is 0 Å². The highest BCUT2D eigenvalue weighted by molar-refractivity contribution is 4.92. The van der Waals surface area contributed by atoms with E-state index in [0.717, 1.165) is 12.0 Å². The minimum absolute atomic E-state index is 0.456. The maximum atomic E-state index is 3.76. The van der Waals surface area contributed by atoms with Crippen LogP contribution in [0.4, 0.5) is 0 Å². The van der Waals surface area contributed by atoms with E-state index < -0.39 is 0 Å². The lowest BCUT2D eigenvalue weighted by molar-refractivity contribution is 0.139. The fourth-order valence-corrected chi connectivity index (χ4v) is 3.64. The summed E-state index contributed by atoms with van der Waals surface area (Å²) in [6, 6.07) is 0.798. The van der Waals surface area contributed by atoms with Crippen LogP contribution in [-0.4, -0.2) is 36.1 Å². The van der Waals surface area contributed by atoms with Crippen molar-refractivity contribution in [2.45, 2.75) is 70.9 Å². The Morgan fingerprint density at radius 2 is 2.06 bits per heavy atom. The zero-order valence-corrected chi connectivity index (χ0v) is 12.0. The summed E-state index contributed by atoms with van der Waals surface area (Å²) in [5, 5.41) is 3.76. The normalized spacial score (nSPS) is 33.4. The van der Waals surface area contributed by atoms with E-state index >= 15 is 0 Å². The molecule has 2 fully saturated rings. The molecule has 0 radical (unpaired) electrons. The molecule has 0 spiro atoms. The highest BCUT2D eigenvalue weighted by Crippen LogP contribution is 2.33. The molecular weight excluding hydrogens is 208 g/mol. The monoisotopic (exact) mass is 238 g/mol. The summed E-state index contributed by atoms with van der Waals surface area (Å²) in [7, 11) is 0. The largest absolute Gasteiger partial charge is 0.314 e. The van der Waals surface area contributed by atoms with Gasteiger partial charge in [-0.2, -0.15) is 0 Å². The van der Waals surface area contributed by atoms with E-state index in [2.05, 4.69) is 31.0 Å². The molecule has 0 bridgehead atoms. The van der Waals surface area contributed by atoms with Crippen LogP contribution >= 0.6 is 0 Å². The van der Waals surface area contributed by atoms with Gasteiger partial charge in [-0.1, -0.05) is 13.3 Å². The molecule has 100 valence electrons. The quantitative estimate of drug-likeness (QED) is 0.792. The number of likely N-dealkylation sites (tertiary alicyclic amines) is 1. The smallest absolute Gasteiger partial charge is 0.0153 e. The van der Waals surface area contributed by atoms with Crippen LogP contribution < -0.4 is 5.32 Å². The van der Waals surface area contributed by atoms with Crippen LogP contribution in [0, 0.1) is 5.92 Å². The Balaban J connectivity index is 1.85. The van der Waals surface area contributed by atoms with E-state index in [1.54, 1.807) is 0 Å². The van der Waals surface area contributed by atoms with Gasteiger partial charge in [0.2, 0.25) is 0 Å². The molecule has 0 aromatic carbocycles. The lowest BCUT2D eigenvalue weighted by atomic mass is 9.98. The molecule has 2 nitrogen and oxygen atoms in total. The minimum atomic E-state index is 0.456. The van der Waals surface area contributed by atoms with Crippen molar-refractivity contribution in [3.8, 4) is 0 Å². The molecule has 2 unspecified atom stereocenters. The SMILES string of the molecule is CCCNC1CCCC1CN1CCCC1(C)C. The van der Waals surface area contributed by atoms with Crippen molar-refractivity contribution in [2.24, 2.45) is 5.92 Å². The summed E-state index contributed by atoms with van der Waals surface area (Å²) in [6.07, 6.45) is 8.31. The Bertz CT molecular complexity index is 237. The van der Waals surface area contributed by atoms with Crippen LogP contribution in [0.3, 0.4) is 0 Å². The topological polar surface area (TPSA) is 15.3 Å². The second-order valence-electron chi connectivity index (χ2n) is 6.61. The van der Waals surface area contributed by atoms with Crippen LogP contribution in [0.2, 0.25) is 0 Å². The third kappa shape index (κ3) is 3.23. The minimum Gasteiger partial charge on any atom is -0.314 e. The molecule has 17 heavy (non-hydrogen) atoms. The van der Waals surface area contributed by atoms with Gasteiger partial charge in [-0.3, -0.25) is 4.90 Å². The number of nitrogens with one attached hydrogen (secondary N) is 1. The van der Waals surface area contributed by atoms with E-state index in [9.17, 15) is 0 Å². The van der Waals surface area contributed by atoms with E-state index in [1.165, 1.54) is 58.2 Å². The Labute approximate surface area is 107 Å². The number of hydrogen-bond donors (Lipinski definition) is 1. The number of rotatable bonds is 5. The molecule has 2 atom stereocenters. The zero-order valence-electron chi connectivity index (χ0n) is 12.0. The average Bonchev–Trinajstić information content (AvgIpc) is 2.84. The first-order valence-electron chi connectivity index (χ1n) is 7.62. The van der Waals surface area contributed by atoms with Gasteiger partial charge in [-0.25, -0.2) is 0 Å². The third-order valence-electron chi connectivity index (χ3n) is 4.84. The molecule has 1 aliphatic carbocycles. The summed E-state index contributed by atoms with van der Waals surface area (Å²) in [4.78, 5) is 2.74. The van der Waals surface area contributed by atoms with Gasteiger partial charge in [-0.05, 0) is 65.0 Å². The van der Waals surface area contributed by atoms with E-state index in [1.807, 2.05) is 0 Å². The molecule has 1 N–H and O–H groups in total. The maximum absolute atomic E-state index is 3.76. The number of nitrogens with zero attached hydrogens (tertiary/aromatic N) is 1. The van der Waals surface area contributed by atoms with Gasteiger partial charge < -0.3 is 5.32 Å². The van der Waals surface area contributed by atoms with Crippen molar-refractivity contribution < 1.29 is 0 Å². The second kappa shape index (κ2) is 5.71. The van der Waals surface area contributed by atoms with Crippen LogP contribution in [0.5, 0.6) is 0 Å². The molecule has 2 rings (SSSR count). The van der Waals surface area contributed by atoms with Crippen molar-refractivity contribution in [3.63, 3.8) is 0 Å². The predicted octanol–water partition coefficient (Wildman–Crippen LogP) is 3.03. The lowest BCUT2D eigenvalue weighted by Gasteiger charge is -2.35. The Morgan fingerprint density at radius 1 is 1.24 bits per heavy atom. The molecule has 1 heterocycles. The highest BCUT2D eigenvalue weighted by atomic mass is 15.2. The van der Waals surface area contributed by atoms with E-state index in [-0.39, 0.29) is 0 Å². The standard InChI is InChI=1S/C15H30N2/c1-4-10-16-14-8-5-7-13(14)12-17-11-6-9-15(17,2)3/h13-14,16H,4-12H2,1-3H3. The molecular formula is C15H30N2. The summed E-state index contributed by atoms with van der Waals surface area (Å²) in [5.74, 6) is 0.902. The van der Waals surface area contributed by atoms with Gasteiger partial charge in [-0.15, -0.1) is 0 Å². The first-order valence-corrected chi connectivity index (χ1v) is 7.62. The Morgan fingerprint density at radius 3 is 2.71 bits per heavy atom. The molecule has 2 heteroatoms. The molecule has 2 aliphatic rings. The van der Waals surface area contributed by atoms with Crippen LogP contribution in [0.1, 0.15) is 59.3 Å². The summed E-state index contributed by atoms with van der Waals surface area (Å²) in [6.45, 7) is 11.0. The Kier molecular flexibility index (Phi) is 4.48. The fraction of sp³-hybridized carbons (Fsp3) is 1.00. The lowest BCUT2D eigenvalue weighted by Crippen LogP contribution is -2.45. The Hall–Kier alpha value is -0.0800. The third-order valence-corrected chi connectivity index (χ3v) is 4.84. The van der Waals surface area contributed by atoms with Crippen molar-refractivity contribution in [3.05, 3.63) is 0 Å². The number of hydrogen-bond acceptors (Lipinski definition) is 2. The van der Waals surface area contributed by atoms with Crippen LogP contribution in [0.25, 0.3) is 0 Å². The molecule has 1 saturated carbocycles. The first-order chi connectivity index (χ1) is 8.13. The maximum Gasteiger partial charge on any atom is 0.0153 e. The van der Waals surface area contributed by atoms with Gasteiger partial charge in [0.15, 0.2) is 0 Å². The molecule has 1 saturated heterocycles. The molecule has 0 aromatic rings. The molecule has 1 aliphatic heterocycles. The van der Waals surface area contributed by atoms with Gasteiger partial charge in [0.1, 0.15) is 0 Å². The van der Waals surface area contributed by atoms with Crippen molar-refractivity contribution in [1.82, 2.24) is 10.2 Å². The molecule has 0 aromatic heterocycles. The van der Waals surface area contributed by atoms with Crippen LogP contribution in [0.15, 0.2) is 0 Å². The first kappa shape index (κ1) is 13.4. The van der Waals surface area contributed by atoms with Crippen molar-refractivity contribution >= 4 is 0 Å². The summed E-state index contributed by atoms with van der Waals surface area (Å²) in [5.41, 5.74) is 0.456. The van der Waals surface area contributed by atoms with Gasteiger partial charge >= 0.3 is 0 Å². The van der Waals surface area contributed by atoms with Gasteiger partial charge in [0, 0.05) is 18.1 Å². The van der Waals surface area contributed by atoms with E-state index in [4.69, 9.17) is 0 Å². The van der Waals surface area contributed by atoms with E-state index in [0.29, 0.717) is 5.54 Å². The second-order valence-corrected chi connectivity index (χ2v) is 6.61.